The number of allylic oxidation sites excluding steroid dienone is 3. The summed E-state index contributed by atoms with van der Waals surface area (Å²) in [5, 5.41) is 0. The van der Waals surface area contributed by atoms with E-state index in [1.165, 1.54) is 7.11 Å². The van der Waals surface area contributed by atoms with Crippen LogP contribution in [0.25, 0.3) is 0 Å². The van der Waals surface area contributed by atoms with E-state index in [2.05, 4.69) is 26.5 Å². The van der Waals surface area contributed by atoms with Gasteiger partial charge >= 0.3 is 5.97 Å². The van der Waals surface area contributed by atoms with Gasteiger partial charge in [0.25, 0.3) is 0 Å². The second-order valence-corrected chi connectivity index (χ2v) is 9.69. The van der Waals surface area contributed by atoms with Gasteiger partial charge in [-0.2, -0.15) is 0 Å². The van der Waals surface area contributed by atoms with Gasteiger partial charge in [-0.15, -0.1) is 0 Å². The number of rotatable bonds is 2. The molecule has 0 aromatic carbocycles. The van der Waals surface area contributed by atoms with Crippen molar-refractivity contribution in [2.24, 2.45) is 28.6 Å². The lowest BCUT2D eigenvalue weighted by Gasteiger charge is -2.43. The molecule has 2 bridgehead atoms. The fraction of sp³-hybridized carbons (Fsp3) is 0.727. The lowest BCUT2D eigenvalue weighted by Crippen LogP contribution is -2.49. The first-order chi connectivity index (χ1) is 12.6. The van der Waals surface area contributed by atoms with Crippen molar-refractivity contribution in [1.29, 1.82) is 0 Å². The molecule has 1 saturated heterocycles. The second-order valence-electron chi connectivity index (χ2n) is 9.69. The maximum absolute atomic E-state index is 13.4. The zero-order chi connectivity index (χ0) is 19.6. The van der Waals surface area contributed by atoms with Gasteiger partial charge in [0, 0.05) is 24.2 Å². The highest BCUT2D eigenvalue weighted by atomic mass is 16.7. The van der Waals surface area contributed by atoms with Crippen molar-refractivity contribution < 1.29 is 23.8 Å². The quantitative estimate of drug-likeness (QED) is 0.547. The van der Waals surface area contributed by atoms with E-state index in [4.69, 9.17) is 14.2 Å². The zero-order valence-corrected chi connectivity index (χ0v) is 16.8. The van der Waals surface area contributed by atoms with Crippen molar-refractivity contribution in [2.75, 3.05) is 20.3 Å². The van der Waals surface area contributed by atoms with Gasteiger partial charge in [0.2, 0.25) is 0 Å². The molecule has 0 radical (unpaired) electrons. The molecule has 0 aromatic rings. The van der Waals surface area contributed by atoms with Crippen LogP contribution in [0.3, 0.4) is 0 Å². The number of ketones is 1. The summed E-state index contributed by atoms with van der Waals surface area (Å²) in [6, 6.07) is 0. The number of carbonyl (C=O) groups is 2. The van der Waals surface area contributed by atoms with Crippen LogP contribution < -0.4 is 0 Å². The van der Waals surface area contributed by atoms with E-state index in [-0.39, 0.29) is 29.0 Å². The number of fused-ring (bicyclic) bond motifs is 5. The summed E-state index contributed by atoms with van der Waals surface area (Å²) >= 11 is 0. The van der Waals surface area contributed by atoms with Crippen LogP contribution in [-0.4, -0.2) is 37.9 Å². The minimum atomic E-state index is -1.13. The van der Waals surface area contributed by atoms with Gasteiger partial charge < -0.3 is 14.2 Å². The fourth-order valence-electron chi connectivity index (χ4n) is 5.69. The highest BCUT2D eigenvalue weighted by Gasteiger charge is 2.70. The molecule has 0 aromatic heterocycles. The Morgan fingerprint density at radius 3 is 2.52 bits per heavy atom. The summed E-state index contributed by atoms with van der Waals surface area (Å²) in [6.45, 7) is 11.5. The molecule has 27 heavy (non-hydrogen) atoms. The predicted octanol–water partition coefficient (Wildman–Crippen LogP) is 3.44. The van der Waals surface area contributed by atoms with Crippen molar-refractivity contribution in [3.63, 3.8) is 0 Å². The van der Waals surface area contributed by atoms with E-state index in [9.17, 15) is 9.59 Å². The normalized spacial score (nSPS) is 38.9. The molecule has 2 saturated carbocycles. The molecule has 0 unspecified atom stereocenters. The van der Waals surface area contributed by atoms with E-state index in [0.717, 1.165) is 11.1 Å². The molecule has 0 N–H and O–H groups in total. The Labute approximate surface area is 161 Å². The molecule has 5 heteroatoms. The van der Waals surface area contributed by atoms with Gasteiger partial charge in [0.1, 0.15) is 5.41 Å². The first-order valence-corrected chi connectivity index (χ1v) is 9.90. The van der Waals surface area contributed by atoms with Crippen LogP contribution in [0.1, 0.15) is 46.5 Å². The molecular weight excluding hydrogens is 344 g/mol. The first kappa shape index (κ1) is 18.9. The third-order valence-electron chi connectivity index (χ3n) is 7.16. The maximum atomic E-state index is 13.4. The van der Waals surface area contributed by atoms with Crippen molar-refractivity contribution in [3.05, 3.63) is 23.8 Å². The first-order valence-electron chi connectivity index (χ1n) is 9.90. The number of carbonyl (C=O) groups excluding carboxylic acids is 2. The van der Waals surface area contributed by atoms with Crippen molar-refractivity contribution in [2.45, 2.75) is 52.2 Å². The van der Waals surface area contributed by atoms with E-state index in [0.29, 0.717) is 38.9 Å². The lowest BCUT2D eigenvalue weighted by atomic mass is 9.70. The fourth-order valence-corrected chi connectivity index (χ4v) is 5.69. The van der Waals surface area contributed by atoms with Crippen LogP contribution >= 0.6 is 0 Å². The zero-order valence-electron chi connectivity index (χ0n) is 16.8. The minimum absolute atomic E-state index is 0.0136. The van der Waals surface area contributed by atoms with Crippen LogP contribution in [0.2, 0.25) is 0 Å². The number of ether oxygens (including phenoxy) is 3. The Balaban J connectivity index is 1.72. The summed E-state index contributed by atoms with van der Waals surface area (Å²) in [5.41, 5.74) is 0.770. The highest BCUT2D eigenvalue weighted by Crippen LogP contribution is 2.64. The number of Topliss-reactive ketones (excluding diaryl/α,β-unsaturated/α-hetero) is 1. The minimum Gasteiger partial charge on any atom is -0.468 e. The summed E-state index contributed by atoms with van der Waals surface area (Å²) in [7, 11) is 1.38. The smallest absolute Gasteiger partial charge is 0.320 e. The van der Waals surface area contributed by atoms with Crippen LogP contribution in [0.15, 0.2) is 23.8 Å². The number of hydrogen-bond donors (Lipinski definition) is 0. The van der Waals surface area contributed by atoms with Crippen LogP contribution in [0.4, 0.5) is 0 Å². The van der Waals surface area contributed by atoms with Gasteiger partial charge in [-0.05, 0) is 37.2 Å². The second kappa shape index (κ2) is 6.02. The molecule has 1 spiro atoms. The molecule has 5 nitrogen and oxygen atoms in total. The van der Waals surface area contributed by atoms with E-state index < -0.39 is 17.2 Å². The molecule has 3 aliphatic carbocycles. The predicted molar refractivity (Wildman–Crippen MR) is 99.7 cm³/mol. The van der Waals surface area contributed by atoms with Crippen LogP contribution in [-0.2, 0) is 23.8 Å². The highest BCUT2D eigenvalue weighted by molar-refractivity contribution is 6.08. The van der Waals surface area contributed by atoms with E-state index in [1.54, 1.807) is 0 Å². The Bertz CT molecular complexity index is 723. The summed E-state index contributed by atoms with van der Waals surface area (Å²) in [6.07, 6.45) is 4.39. The van der Waals surface area contributed by atoms with Crippen molar-refractivity contribution in [1.82, 2.24) is 0 Å². The Kier molecular flexibility index (Phi) is 4.21. The molecule has 4 atom stereocenters. The summed E-state index contributed by atoms with van der Waals surface area (Å²) < 4.78 is 17.6. The van der Waals surface area contributed by atoms with Gasteiger partial charge in [0.15, 0.2) is 11.6 Å². The monoisotopic (exact) mass is 374 g/mol. The van der Waals surface area contributed by atoms with Crippen molar-refractivity contribution in [3.8, 4) is 0 Å². The number of esters is 1. The van der Waals surface area contributed by atoms with E-state index >= 15 is 0 Å². The Morgan fingerprint density at radius 2 is 1.93 bits per heavy atom. The molecular formula is C22H30O5. The molecule has 1 heterocycles. The summed E-state index contributed by atoms with van der Waals surface area (Å²) in [4.78, 5) is 26.5. The number of hydrogen-bond acceptors (Lipinski definition) is 5. The van der Waals surface area contributed by atoms with Gasteiger partial charge in [-0.25, -0.2) is 0 Å². The topological polar surface area (TPSA) is 61.8 Å². The largest absolute Gasteiger partial charge is 0.468 e. The lowest BCUT2D eigenvalue weighted by molar-refractivity contribution is -0.298. The third-order valence-corrected chi connectivity index (χ3v) is 7.16. The standard InChI is InChI=1S/C22H30O5/c1-13(2)14-6-7-15-16-9-21(26-11-20(3,4)12-27-21)10-17(16)22(8-14,18(15)23)19(24)25-5/h6,15-17H,1,7-12H2,2-5H3/t15-,16-,17-,22-/m1/s1. The average molecular weight is 374 g/mol. The molecule has 1 aliphatic heterocycles. The molecule has 4 rings (SSSR count). The van der Waals surface area contributed by atoms with Gasteiger partial charge in [-0.3, -0.25) is 9.59 Å². The van der Waals surface area contributed by atoms with Crippen LogP contribution in [0.5, 0.6) is 0 Å². The van der Waals surface area contributed by atoms with Gasteiger partial charge in [-0.1, -0.05) is 32.1 Å². The summed E-state index contributed by atoms with van der Waals surface area (Å²) in [5.74, 6) is -1.22. The maximum Gasteiger partial charge on any atom is 0.320 e. The van der Waals surface area contributed by atoms with Gasteiger partial charge in [0.05, 0.1) is 20.3 Å². The molecule has 0 amide bonds. The SMILES string of the molecule is C=C(C)C1=CC[C@H]2C(=O)[C@@](C(=O)OC)(C1)[C@@H]1CC3(C[C@@H]12)OCC(C)(C)CO3. The molecule has 3 fully saturated rings. The van der Waals surface area contributed by atoms with E-state index in [1.807, 2.05) is 6.92 Å². The molecule has 148 valence electrons. The van der Waals surface area contributed by atoms with Crippen molar-refractivity contribution >= 4 is 11.8 Å². The number of methoxy groups -OCH3 is 1. The van der Waals surface area contributed by atoms with Crippen LogP contribution in [0, 0.1) is 28.6 Å². The third kappa shape index (κ3) is 2.65. The Hall–Kier alpha value is -1.46. The molecule has 4 aliphatic rings. The Morgan fingerprint density at radius 1 is 1.26 bits per heavy atom. The average Bonchev–Trinajstić information content (AvgIpc) is 3.00.